The second-order valence-corrected chi connectivity index (χ2v) is 8.32. The quantitative estimate of drug-likeness (QED) is 0.564. The van der Waals surface area contributed by atoms with Crippen LogP contribution in [0, 0.1) is 0 Å². The van der Waals surface area contributed by atoms with Crippen LogP contribution in [-0.4, -0.2) is 42.3 Å². The molecule has 0 unspecified atom stereocenters. The summed E-state index contributed by atoms with van der Waals surface area (Å²) in [5, 5.41) is 7.46. The van der Waals surface area contributed by atoms with Crippen LogP contribution < -0.4 is 15.4 Å². The first kappa shape index (κ1) is 21.6. The monoisotopic (exact) mass is 449 g/mol. The molecule has 2 N–H and O–H groups in total. The summed E-state index contributed by atoms with van der Waals surface area (Å²) in [6, 6.07) is 17.2. The Kier molecular flexibility index (Phi) is 6.81. The number of likely N-dealkylation sites (tertiary alicyclic amines) is 1. The Bertz CT molecular complexity index is 1110. The minimum Gasteiger partial charge on any atom is -0.484 e. The van der Waals surface area contributed by atoms with Crippen LogP contribution in [-0.2, 0) is 4.79 Å². The highest BCUT2D eigenvalue weighted by atomic mass is 32.1. The number of hydrogen-bond acceptors (Lipinski definition) is 5. The average molecular weight is 450 g/mol. The second kappa shape index (κ2) is 10.1. The van der Waals surface area contributed by atoms with Crippen molar-refractivity contribution >= 4 is 40.4 Å². The molecule has 0 bridgehead atoms. The number of nitrogens with zero attached hydrogens (tertiary/aromatic N) is 1. The minimum absolute atomic E-state index is 0.0244. The molecule has 1 aliphatic rings. The van der Waals surface area contributed by atoms with Gasteiger partial charge in [0.1, 0.15) is 5.75 Å². The molecule has 0 spiro atoms. The van der Waals surface area contributed by atoms with Gasteiger partial charge in [0.15, 0.2) is 6.61 Å². The lowest BCUT2D eigenvalue weighted by atomic mass is 10.1. The number of ether oxygens (including phenoxy) is 1. The molecule has 1 aromatic heterocycles. The zero-order valence-corrected chi connectivity index (χ0v) is 18.2. The molecule has 1 fully saturated rings. The summed E-state index contributed by atoms with van der Waals surface area (Å²) in [6.45, 7) is 1.54. The lowest BCUT2D eigenvalue weighted by Crippen LogP contribution is -2.32. The van der Waals surface area contributed by atoms with Gasteiger partial charge in [0.05, 0.1) is 4.88 Å². The number of amides is 3. The normalized spacial score (nSPS) is 12.9. The summed E-state index contributed by atoms with van der Waals surface area (Å²) in [5.74, 6) is -0.0564. The molecule has 0 radical (unpaired) electrons. The number of benzene rings is 2. The highest BCUT2D eigenvalue weighted by Gasteiger charge is 2.18. The van der Waals surface area contributed by atoms with Gasteiger partial charge in [0, 0.05) is 36.1 Å². The van der Waals surface area contributed by atoms with E-state index in [9.17, 15) is 14.4 Å². The predicted octanol–water partition coefficient (Wildman–Crippen LogP) is 4.25. The molecule has 164 valence electrons. The van der Waals surface area contributed by atoms with Crippen LogP contribution in [0.3, 0.4) is 0 Å². The second-order valence-electron chi connectivity index (χ2n) is 7.37. The standard InChI is InChI=1S/C24H23N3O4S/c28-22(27-11-1-2-12-27)16-31-20-9-4-8-19(15-20)25-23(29)17-6-3-7-18(14-17)26-24(30)21-10-5-13-32-21/h3-10,13-15H,1-2,11-12,16H2,(H,25,29)(H,26,30). The Morgan fingerprint density at radius 3 is 2.34 bits per heavy atom. The molecule has 2 heterocycles. The zero-order chi connectivity index (χ0) is 22.3. The molecule has 0 aliphatic carbocycles. The summed E-state index contributed by atoms with van der Waals surface area (Å²) in [7, 11) is 0. The molecular formula is C24H23N3O4S. The maximum Gasteiger partial charge on any atom is 0.265 e. The summed E-state index contributed by atoms with van der Waals surface area (Å²) < 4.78 is 5.62. The summed E-state index contributed by atoms with van der Waals surface area (Å²) in [5.41, 5.74) is 1.49. The first-order chi connectivity index (χ1) is 15.6. The lowest BCUT2D eigenvalue weighted by Gasteiger charge is -2.15. The Hall–Kier alpha value is -3.65. The van der Waals surface area contributed by atoms with Gasteiger partial charge in [-0.05, 0) is 54.6 Å². The van der Waals surface area contributed by atoms with Gasteiger partial charge in [-0.15, -0.1) is 11.3 Å². The number of anilines is 2. The molecule has 4 rings (SSSR count). The van der Waals surface area contributed by atoms with Crippen LogP contribution in [0.1, 0.15) is 32.9 Å². The Morgan fingerprint density at radius 1 is 0.875 bits per heavy atom. The molecule has 2 aromatic carbocycles. The molecule has 1 saturated heterocycles. The van der Waals surface area contributed by atoms with E-state index in [0.717, 1.165) is 25.9 Å². The molecule has 32 heavy (non-hydrogen) atoms. The highest BCUT2D eigenvalue weighted by Crippen LogP contribution is 2.20. The van der Waals surface area contributed by atoms with Crippen molar-refractivity contribution in [3.63, 3.8) is 0 Å². The molecule has 3 amide bonds. The zero-order valence-electron chi connectivity index (χ0n) is 17.4. The van der Waals surface area contributed by atoms with Crippen molar-refractivity contribution in [1.29, 1.82) is 0 Å². The topological polar surface area (TPSA) is 87.7 Å². The van der Waals surface area contributed by atoms with E-state index in [2.05, 4.69) is 10.6 Å². The van der Waals surface area contributed by atoms with Crippen molar-refractivity contribution in [3.05, 3.63) is 76.5 Å². The molecule has 1 aliphatic heterocycles. The molecular weight excluding hydrogens is 426 g/mol. The average Bonchev–Trinajstić information content (AvgIpc) is 3.52. The van der Waals surface area contributed by atoms with Crippen molar-refractivity contribution in [2.24, 2.45) is 0 Å². The fraction of sp³-hybridized carbons (Fsp3) is 0.208. The van der Waals surface area contributed by atoms with Crippen molar-refractivity contribution < 1.29 is 19.1 Å². The fourth-order valence-corrected chi connectivity index (χ4v) is 4.03. The van der Waals surface area contributed by atoms with E-state index < -0.39 is 0 Å². The Balaban J connectivity index is 1.36. The molecule has 3 aromatic rings. The largest absolute Gasteiger partial charge is 0.484 e. The molecule has 0 saturated carbocycles. The van der Waals surface area contributed by atoms with E-state index in [1.54, 1.807) is 59.5 Å². The third-order valence-corrected chi connectivity index (χ3v) is 5.91. The number of hydrogen-bond donors (Lipinski definition) is 2. The van der Waals surface area contributed by atoms with Crippen LogP contribution in [0.2, 0.25) is 0 Å². The fourth-order valence-electron chi connectivity index (χ4n) is 3.41. The minimum atomic E-state index is -0.317. The third kappa shape index (κ3) is 5.53. The van der Waals surface area contributed by atoms with Gasteiger partial charge >= 0.3 is 0 Å². The Labute approximate surface area is 190 Å². The van der Waals surface area contributed by atoms with Crippen molar-refractivity contribution in [2.75, 3.05) is 30.3 Å². The van der Waals surface area contributed by atoms with Crippen molar-refractivity contribution in [3.8, 4) is 5.75 Å². The SMILES string of the molecule is O=C(Nc1cccc(OCC(=O)N2CCCC2)c1)c1cccc(NC(=O)c2cccs2)c1. The third-order valence-electron chi connectivity index (χ3n) is 5.04. The predicted molar refractivity (Wildman–Crippen MR) is 124 cm³/mol. The van der Waals surface area contributed by atoms with Gasteiger partial charge in [-0.1, -0.05) is 18.2 Å². The number of rotatable bonds is 7. The summed E-state index contributed by atoms with van der Waals surface area (Å²) in [4.78, 5) is 39.5. The van der Waals surface area contributed by atoms with Gasteiger partial charge in [0.25, 0.3) is 17.7 Å². The molecule has 8 heteroatoms. The first-order valence-corrected chi connectivity index (χ1v) is 11.2. The number of nitrogens with one attached hydrogen (secondary N) is 2. The smallest absolute Gasteiger partial charge is 0.265 e. The van der Waals surface area contributed by atoms with Crippen molar-refractivity contribution in [2.45, 2.75) is 12.8 Å². The van der Waals surface area contributed by atoms with E-state index in [-0.39, 0.29) is 24.3 Å². The van der Waals surface area contributed by atoms with E-state index in [1.165, 1.54) is 11.3 Å². The number of carbonyl (C=O) groups excluding carboxylic acids is 3. The van der Waals surface area contributed by atoms with E-state index in [0.29, 0.717) is 27.6 Å². The van der Waals surface area contributed by atoms with Crippen molar-refractivity contribution in [1.82, 2.24) is 4.90 Å². The van der Waals surface area contributed by atoms with Gasteiger partial charge in [0.2, 0.25) is 0 Å². The first-order valence-electron chi connectivity index (χ1n) is 10.4. The van der Waals surface area contributed by atoms with E-state index >= 15 is 0 Å². The van der Waals surface area contributed by atoms with Gasteiger partial charge < -0.3 is 20.3 Å². The summed E-state index contributed by atoms with van der Waals surface area (Å²) >= 11 is 1.35. The molecule has 0 atom stereocenters. The van der Waals surface area contributed by atoms with E-state index in [1.807, 2.05) is 11.4 Å². The maximum absolute atomic E-state index is 12.7. The van der Waals surface area contributed by atoms with Crippen LogP contribution in [0.4, 0.5) is 11.4 Å². The van der Waals surface area contributed by atoms with Crippen LogP contribution in [0.25, 0.3) is 0 Å². The van der Waals surface area contributed by atoms with Crippen LogP contribution in [0.15, 0.2) is 66.0 Å². The van der Waals surface area contributed by atoms with E-state index in [4.69, 9.17) is 4.74 Å². The number of thiophene rings is 1. The lowest BCUT2D eigenvalue weighted by molar-refractivity contribution is -0.132. The highest BCUT2D eigenvalue weighted by molar-refractivity contribution is 7.12. The number of carbonyl (C=O) groups is 3. The summed E-state index contributed by atoms with van der Waals surface area (Å²) in [6.07, 6.45) is 2.07. The van der Waals surface area contributed by atoms with Gasteiger partial charge in [-0.25, -0.2) is 0 Å². The maximum atomic E-state index is 12.7. The van der Waals surface area contributed by atoms with Gasteiger partial charge in [-0.2, -0.15) is 0 Å². The Morgan fingerprint density at radius 2 is 1.59 bits per heavy atom. The van der Waals surface area contributed by atoms with Crippen LogP contribution >= 0.6 is 11.3 Å². The van der Waals surface area contributed by atoms with Crippen LogP contribution in [0.5, 0.6) is 5.75 Å². The van der Waals surface area contributed by atoms with Gasteiger partial charge in [-0.3, -0.25) is 14.4 Å². The molecule has 7 nitrogen and oxygen atoms in total.